The fourth-order valence-corrected chi connectivity index (χ4v) is 0. The van der Waals surface area contributed by atoms with Gasteiger partial charge in [-0.05, 0) is 0 Å². The van der Waals surface area contributed by atoms with Crippen molar-refractivity contribution >= 4 is 131 Å². The Morgan fingerprint density at radius 1 is 0.120 bits per heavy atom. The minimum absolute atomic E-state index is 0. The topological polar surface area (TPSA) is 728 Å². The Hall–Kier alpha value is 0.689. The van der Waals surface area contributed by atoms with Crippen LogP contribution in [0, 0.1) is 0 Å². The molecule has 0 spiro atoms. The monoisotopic (exact) mass is 802 g/mol. The summed E-state index contributed by atoms with van der Waals surface area (Å²) in [6.45, 7) is 0. The molecule has 0 radical (unpaired) electrons. The van der Waals surface area contributed by atoms with E-state index >= 15 is 0 Å². The van der Waals surface area contributed by atoms with Gasteiger partial charge in [0.25, 0.3) is 0 Å². The molecule has 36 N–H and O–H groups in total. The van der Waals surface area contributed by atoms with Crippen molar-refractivity contribution in [1.29, 1.82) is 0 Å². The summed E-state index contributed by atoms with van der Waals surface area (Å²) in [4.78, 5) is 0. The van der Waals surface area contributed by atoms with Crippen molar-refractivity contribution in [1.82, 2.24) is 0 Å². The second-order valence-electron chi connectivity index (χ2n) is 4.16. The first-order valence-electron chi connectivity index (χ1n) is 9.30. The average Bonchev–Trinajstić information content (AvgIpc) is 2.61. The third-order valence-corrected chi connectivity index (χ3v) is 0. The number of hydrogen-bond acceptors (Lipinski definition) is 36. The fraction of sp³-hybridized carbons (Fsp3) is 0. The van der Waals surface area contributed by atoms with Gasteiger partial charge in [0.2, 0.25) is 0 Å². The molecule has 0 unspecified atom stereocenters. The van der Waals surface area contributed by atoms with Gasteiger partial charge in [-0.25, -0.2) is 0 Å². The zero-order chi connectivity index (χ0) is 42.9. The van der Waals surface area contributed by atoms with Gasteiger partial charge in [-0.3, -0.25) is 0 Å². The summed E-state index contributed by atoms with van der Waals surface area (Å²) in [5.74, 6) is 0. The van der Waals surface area contributed by atoms with Gasteiger partial charge in [0.05, 0.1) is 0 Å². The Bertz CT molecular complexity index is 239. The summed E-state index contributed by atoms with van der Waals surface area (Å²) in [7, 11) is -26.0. The molecule has 0 fully saturated rings. The Balaban J connectivity index is -0.0000000235. The summed E-state index contributed by atoms with van der Waals surface area (Å²) < 4.78 is 0. The van der Waals surface area contributed by atoms with Crippen LogP contribution < -0.4 is 0 Å². The third kappa shape index (κ3) is 233000. The van der Waals surface area contributed by atoms with E-state index < -0.39 is 87.9 Å². The van der Waals surface area contributed by atoms with Crippen LogP contribution in [0.5, 0.6) is 0 Å². The predicted molar refractivity (Wildman–Crippen MR) is 166 cm³/mol. The maximum absolute atomic E-state index is 7.17. The SMILES string of the molecule is OB(O)O.OB(O)O.OB(O)O.OB(O)O.OB(O)O.OB(O)O.OB(O)O.OB(O)O.OB(O)O.OB(O)O.OB(O)O.OB(O)O.S.[NaH]. The fourth-order valence-electron chi connectivity index (χ4n) is 0. The van der Waals surface area contributed by atoms with Crippen LogP contribution in [0.3, 0.4) is 0 Å². The van der Waals surface area contributed by atoms with E-state index in [4.69, 9.17) is 181 Å². The molecule has 36 nitrogen and oxygen atoms in total. The average molecular weight is 800 g/mol. The van der Waals surface area contributed by atoms with E-state index in [2.05, 4.69) is 0 Å². The summed E-state index contributed by atoms with van der Waals surface area (Å²) in [5, 5.41) is 258. The molecule has 50 heavy (non-hydrogen) atoms. The normalized spacial score (nSPS) is 6.48. The van der Waals surface area contributed by atoms with Crippen LogP contribution in [-0.4, -0.2) is 298 Å². The van der Waals surface area contributed by atoms with Gasteiger partial charge in [0.15, 0.2) is 0 Å². The zero-order valence-electron chi connectivity index (χ0n) is 23.5. The second-order valence-corrected chi connectivity index (χ2v) is 4.16. The van der Waals surface area contributed by atoms with E-state index in [1.807, 2.05) is 0 Å². The van der Waals surface area contributed by atoms with Gasteiger partial charge >= 0.3 is 117 Å². The van der Waals surface area contributed by atoms with Crippen LogP contribution in [0.15, 0.2) is 0 Å². The quantitative estimate of drug-likeness (QED) is 0.101. The molecule has 0 heterocycles. The summed E-state index contributed by atoms with van der Waals surface area (Å²) >= 11 is 0. The molecule has 0 amide bonds. The van der Waals surface area contributed by atoms with Gasteiger partial charge in [0, 0.05) is 0 Å². The molecule has 0 aromatic carbocycles. The van der Waals surface area contributed by atoms with Crippen molar-refractivity contribution in [3.8, 4) is 0 Å². The van der Waals surface area contributed by atoms with Crippen molar-refractivity contribution in [2.75, 3.05) is 0 Å². The first kappa shape index (κ1) is 93.0. The molecule has 0 aliphatic heterocycles. The summed E-state index contributed by atoms with van der Waals surface area (Å²) in [6.07, 6.45) is 0. The summed E-state index contributed by atoms with van der Waals surface area (Å²) in [5.41, 5.74) is 0. The van der Waals surface area contributed by atoms with Crippen molar-refractivity contribution < 1.29 is 181 Å². The van der Waals surface area contributed by atoms with Gasteiger partial charge in [-0.1, -0.05) is 0 Å². The van der Waals surface area contributed by atoms with Crippen LogP contribution in [0.2, 0.25) is 0 Å². The first-order valence-corrected chi connectivity index (χ1v) is 9.30. The molecule has 0 aromatic heterocycles. The van der Waals surface area contributed by atoms with E-state index in [0.29, 0.717) is 0 Å². The molecule has 0 bridgehead atoms. The molecular formula is H39B12NaO36S. The van der Waals surface area contributed by atoms with E-state index in [1.54, 1.807) is 0 Å². The van der Waals surface area contributed by atoms with Gasteiger partial charge < -0.3 is 181 Å². The van der Waals surface area contributed by atoms with Crippen LogP contribution in [0.4, 0.5) is 0 Å². The van der Waals surface area contributed by atoms with Crippen molar-refractivity contribution in [3.63, 3.8) is 0 Å². The summed E-state index contributed by atoms with van der Waals surface area (Å²) in [6, 6.07) is 0. The number of rotatable bonds is 0. The molecule has 0 saturated carbocycles. The molecular weight excluding hydrogens is 761 g/mol. The standard InChI is InChI=1S/12BH3O3.Na.H2S.H/c12*2-1(3)4;;;/h12*2-4H;;1H2;. The van der Waals surface area contributed by atoms with E-state index in [9.17, 15) is 0 Å². The molecule has 0 saturated heterocycles. The van der Waals surface area contributed by atoms with Crippen LogP contribution in [0.25, 0.3) is 0 Å². The first-order chi connectivity index (χ1) is 20.8. The minimum atomic E-state index is -2.17. The Labute approximate surface area is 311 Å². The molecule has 0 rings (SSSR count). The Morgan fingerprint density at radius 3 is 0.120 bits per heavy atom. The molecule has 298 valence electrons. The van der Waals surface area contributed by atoms with E-state index in [0.717, 1.165) is 0 Å². The Morgan fingerprint density at radius 2 is 0.120 bits per heavy atom. The van der Waals surface area contributed by atoms with Gasteiger partial charge in [-0.2, -0.15) is 13.5 Å². The van der Waals surface area contributed by atoms with E-state index in [-0.39, 0.29) is 43.1 Å². The third-order valence-electron chi connectivity index (χ3n) is 0. The zero-order valence-corrected chi connectivity index (χ0v) is 24.5. The predicted octanol–water partition coefficient (Wildman–Crippen LogP) is -25.2. The molecule has 0 aliphatic rings. The number of hydrogen-bond donors (Lipinski definition) is 36. The second kappa shape index (κ2) is 87.5. The maximum atomic E-state index is 7.17. The molecule has 0 aliphatic carbocycles. The van der Waals surface area contributed by atoms with Gasteiger partial charge in [-0.15, -0.1) is 0 Å². The molecule has 0 aromatic rings. The van der Waals surface area contributed by atoms with Gasteiger partial charge in [0.1, 0.15) is 0 Å². The van der Waals surface area contributed by atoms with Crippen LogP contribution in [-0.2, 0) is 0 Å². The van der Waals surface area contributed by atoms with Crippen molar-refractivity contribution in [2.45, 2.75) is 0 Å². The molecule has 0 atom stereocenters. The van der Waals surface area contributed by atoms with Crippen LogP contribution >= 0.6 is 13.5 Å². The van der Waals surface area contributed by atoms with Crippen LogP contribution in [0.1, 0.15) is 0 Å². The Kier molecular flexibility index (Phi) is 163. The van der Waals surface area contributed by atoms with E-state index in [1.165, 1.54) is 0 Å². The molecule has 50 heteroatoms. The van der Waals surface area contributed by atoms with Crippen molar-refractivity contribution in [2.24, 2.45) is 0 Å². The van der Waals surface area contributed by atoms with Crippen molar-refractivity contribution in [3.05, 3.63) is 0 Å².